The first-order valence-corrected chi connectivity index (χ1v) is 9.55. The van der Waals surface area contributed by atoms with E-state index in [-0.39, 0.29) is 17.6 Å². The summed E-state index contributed by atoms with van der Waals surface area (Å²) in [5.41, 5.74) is 3.56. The zero-order chi connectivity index (χ0) is 19.3. The van der Waals surface area contributed by atoms with Gasteiger partial charge >= 0.3 is 0 Å². The SMILES string of the molecule is O=C(Nc1ccc(-c2cccc(F)c2)cc1)C1CCCN(Cc2ccn[nH]2)C1. The summed E-state index contributed by atoms with van der Waals surface area (Å²) in [6.07, 6.45) is 3.65. The molecule has 1 aliphatic heterocycles. The predicted molar refractivity (Wildman–Crippen MR) is 107 cm³/mol. The molecule has 1 saturated heterocycles. The maximum absolute atomic E-state index is 13.4. The molecular weight excluding hydrogens is 355 g/mol. The van der Waals surface area contributed by atoms with E-state index >= 15 is 0 Å². The fourth-order valence-electron chi connectivity index (χ4n) is 3.69. The number of hydrogen-bond donors (Lipinski definition) is 2. The second-order valence-electron chi connectivity index (χ2n) is 7.23. The number of H-pyrrole nitrogens is 1. The second kappa shape index (κ2) is 8.35. The van der Waals surface area contributed by atoms with Gasteiger partial charge in [-0.25, -0.2) is 4.39 Å². The van der Waals surface area contributed by atoms with E-state index in [1.54, 1.807) is 12.3 Å². The number of piperidine rings is 1. The molecule has 2 aromatic carbocycles. The van der Waals surface area contributed by atoms with Gasteiger partial charge in [-0.05, 0) is 60.8 Å². The number of nitrogens with zero attached hydrogens (tertiary/aromatic N) is 2. The Morgan fingerprint density at radius 1 is 1.18 bits per heavy atom. The monoisotopic (exact) mass is 378 g/mol. The minimum atomic E-state index is -0.258. The van der Waals surface area contributed by atoms with Crippen LogP contribution in [0.4, 0.5) is 10.1 Å². The first-order valence-electron chi connectivity index (χ1n) is 9.55. The standard InChI is InChI=1S/C22H23FN4O/c23-19-5-1-3-17(13-19)16-6-8-20(9-7-16)25-22(28)18-4-2-12-27(14-18)15-21-10-11-24-26-21/h1,3,5-11,13,18H,2,4,12,14-15H2,(H,24,26)(H,25,28). The van der Waals surface area contributed by atoms with Crippen LogP contribution in [0.5, 0.6) is 0 Å². The van der Waals surface area contributed by atoms with Crippen LogP contribution in [0, 0.1) is 11.7 Å². The number of carbonyl (C=O) groups is 1. The molecule has 2 heterocycles. The third-order valence-corrected chi connectivity index (χ3v) is 5.14. The Kier molecular flexibility index (Phi) is 5.48. The third kappa shape index (κ3) is 4.46. The van der Waals surface area contributed by atoms with Crippen molar-refractivity contribution in [1.82, 2.24) is 15.1 Å². The first-order chi connectivity index (χ1) is 13.7. The topological polar surface area (TPSA) is 61.0 Å². The number of hydrogen-bond acceptors (Lipinski definition) is 3. The van der Waals surface area contributed by atoms with Crippen molar-refractivity contribution in [3.8, 4) is 11.1 Å². The summed E-state index contributed by atoms with van der Waals surface area (Å²) in [7, 11) is 0. The average molecular weight is 378 g/mol. The molecular formula is C22H23FN4O. The van der Waals surface area contributed by atoms with Gasteiger partial charge in [0, 0.05) is 30.7 Å². The zero-order valence-corrected chi connectivity index (χ0v) is 15.6. The van der Waals surface area contributed by atoms with Crippen LogP contribution in [-0.2, 0) is 11.3 Å². The Morgan fingerprint density at radius 3 is 2.79 bits per heavy atom. The highest BCUT2D eigenvalue weighted by molar-refractivity contribution is 5.93. The van der Waals surface area contributed by atoms with Crippen LogP contribution in [0.1, 0.15) is 18.5 Å². The van der Waals surface area contributed by atoms with Gasteiger partial charge in [-0.1, -0.05) is 24.3 Å². The average Bonchev–Trinajstić information content (AvgIpc) is 3.22. The lowest BCUT2D eigenvalue weighted by Gasteiger charge is -2.31. The molecule has 3 aromatic rings. The van der Waals surface area contributed by atoms with E-state index < -0.39 is 0 Å². The number of carbonyl (C=O) groups excluding carboxylic acids is 1. The largest absolute Gasteiger partial charge is 0.326 e. The smallest absolute Gasteiger partial charge is 0.228 e. The number of likely N-dealkylation sites (tertiary alicyclic amines) is 1. The number of rotatable bonds is 5. The number of aromatic nitrogens is 2. The highest BCUT2D eigenvalue weighted by atomic mass is 19.1. The number of anilines is 1. The first kappa shape index (κ1) is 18.4. The van der Waals surface area contributed by atoms with Crippen molar-refractivity contribution >= 4 is 11.6 Å². The summed E-state index contributed by atoms with van der Waals surface area (Å²) in [5, 5.41) is 9.98. The predicted octanol–water partition coefficient (Wildman–Crippen LogP) is 4.07. The van der Waals surface area contributed by atoms with Gasteiger partial charge in [-0.3, -0.25) is 14.8 Å². The van der Waals surface area contributed by atoms with Crippen LogP contribution in [-0.4, -0.2) is 34.1 Å². The number of halogens is 1. The summed E-state index contributed by atoms with van der Waals surface area (Å²) in [6.45, 7) is 2.52. The van der Waals surface area contributed by atoms with Crippen LogP contribution in [0.3, 0.4) is 0 Å². The Labute approximate surface area is 163 Å². The maximum Gasteiger partial charge on any atom is 0.228 e. The lowest BCUT2D eigenvalue weighted by atomic mass is 9.96. The van der Waals surface area contributed by atoms with Crippen LogP contribution >= 0.6 is 0 Å². The summed E-state index contributed by atoms with van der Waals surface area (Å²) in [6, 6.07) is 16.0. The molecule has 6 heteroatoms. The molecule has 28 heavy (non-hydrogen) atoms. The second-order valence-corrected chi connectivity index (χ2v) is 7.23. The molecule has 1 amide bonds. The molecule has 1 aliphatic rings. The zero-order valence-electron chi connectivity index (χ0n) is 15.6. The minimum Gasteiger partial charge on any atom is -0.326 e. The number of benzene rings is 2. The van der Waals surface area contributed by atoms with Gasteiger partial charge in [-0.15, -0.1) is 0 Å². The van der Waals surface area contributed by atoms with E-state index in [1.807, 2.05) is 36.4 Å². The van der Waals surface area contributed by atoms with E-state index in [0.717, 1.165) is 55.0 Å². The van der Waals surface area contributed by atoms with Crippen molar-refractivity contribution in [2.45, 2.75) is 19.4 Å². The lowest BCUT2D eigenvalue weighted by molar-refractivity contribution is -0.121. The Balaban J connectivity index is 1.36. The van der Waals surface area contributed by atoms with Crippen LogP contribution in [0.15, 0.2) is 60.8 Å². The number of amides is 1. The molecule has 0 aliphatic carbocycles. The Bertz CT molecular complexity index is 924. The highest BCUT2D eigenvalue weighted by Gasteiger charge is 2.26. The molecule has 5 nitrogen and oxygen atoms in total. The third-order valence-electron chi connectivity index (χ3n) is 5.14. The van der Waals surface area contributed by atoms with Crippen molar-refractivity contribution < 1.29 is 9.18 Å². The van der Waals surface area contributed by atoms with E-state index in [1.165, 1.54) is 12.1 Å². The van der Waals surface area contributed by atoms with Crippen molar-refractivity contribution in [1.29, 1.82) is 0 Å². The highest BCUT2D eigenvalue weighted by Crippen LogP contribution is 2.24. The molecule has 0 saturated carbocycles. The normalized spacial score (nSPS) is 17.4. The van der Waals surface area contributed by atoms with E-state index in [4.69, 9.17) is 0 Å². The van der Waals surface area contributed by atoms with Gasteiger partial charge in [0.2, 0.25) is 5.91 Å². The molecule has 2 N–H and O–H groups in total. The Hall–Kier alpha value is -2.99. The van der Waals surface area contributed by atoms with Gasteiger partial charge in [0.1, 0.15) is 5.82 Å². The number of nitrogens with one attached hydrogen (secondary N) is 2. The van der Waals surface area contributed by atoms with Crippen LogP contribution in [0.25, 0.3) is 11.1 Å². The van der Waals surface area contributed by atoms with Gasteiger partial charge in [0.25, 0.3) is 0 Å². The fraction of sp³-hybridized carbons (Fsp3) is 0.273. The van der Waals surface area contributed by atoms with Crippen molar-refractivity contribution in [2.24, 2.45) is 5.92 Å². The van der Waals surface area contributed by atoms with Crippen molar-refractivity contribution in [3.05, 3.63) is 72.3 Å². The molecule has 0 bridgehead atoms. The molecule has 1 unspecified atom stereocenters. The quantitative estimate of drug-likeness (QED) is 0.704. The number of aromatic amines is 1. The van der Waals surface area contributed by atoms with E-state index in [0.29, 0.717) is 0 Å². The summed E-state index contributed by atoms with van der Waals surface area (Å²) >= 11 is 0. The molecule has 144 valence electrons. The van der Waals surface area contributed by atoms with E-state index in [9.17, 15) is 9.18 Å². The minimum absolute atomic E-state index is 0.0282. The van der Waals surface area contributed by atoms with Gasteiger partial charge < -0.3 is 5.32 Å². The summed E-state index contributed by atoms with van der Waals surface area (Å²) < 4.78 is 13.4. The molecule has 4 rings (SSSR count). The van der Waals surface area contributed by atoms with Crippen LogP contribution < -0.4 is 5.32 Å². The Morgan fingerprint density at radius 2 is 2.04 bits per heavy atom. The fourth-order valence-corrected chi connectivity index (χ4v) is 3.69. The molecule has 0 spiro atoms. The molecule has 1 atom stereocenters. The van der Waals surface area contributed by atoms with Crippen LogP contribution in [0.2, 0.25) is 0 Å². The summed E-state index contributed by atoms with van der Waals surface area (Å²) in [5.74, 6) is -0.237. The van der Waals surface area contributed by atoms with Crippen molar-refractivity contribution in [2.75, 3.05) is 18.4 Å². The molecule has 1 aromatic heterocycles. The van der Waals surface area contributed by atoms with Gasteiger partial charge in [-0.2, -0.15) is 5.10 Å². The van der Waals surface area contributed by atoms with Gasteiger partial charge in [0.15, 0.2) is 0 Å². The van der Waals surface area contributed by atoms with Gasteiger partial charge in [0.05, 0.1) is 5.92 Å². The molecule has 0 radical (unpaired) electrons. The lowest BCUT2D eigenvalue weighted by Crippen LogP contribution is -2.40. The van der Waals surface area contributed by atoms with E-state index in [2.05, 4.69) is 20.4 Å². The van der Waals surface area contributed by atoms with Crippen molar-refractivity contribution in [3.63, 3.8) is 0 Å². The summed E-state index contributed by atoms with van der Waals surface area (Å²) in [4.78, 5) is 15.0. The molecule has 1 fully saturated rings. The maximum atomic E-state index is 13.4.